The second-order valence-corrected chi connectivity index (χ2v) is 4.31. The Hall–Kier alpha value is -2.65. The van der Waals surface area contributed by atoms with Gasteiger partial charge >= 0.3 is 5.69 Å². The molecule has 7 heteroatoms. The van der Waals surface area contributed by atoms with E-state index < -0.39 is 16.4 Å². The lowest BCUT2D eigenvalue weighted by Crippen LogP contribution is -1.98. The Morgan fingerprint density at radius 2 is 2.05 bits per heavy atom. The zero-order valence-electron chi connectivity index (χ0n) is 9.93. The van der Waals surface area contributed by atoms with E-state index in [0.717, 1.165) is 6.07 Å². The van der Waals surface area contributed by atoms with E-state index in [1.165, 1.54) is 24.3 Å². The topological polar surface area (TPSA) is 93.0 Å². The number of nitrogens with two attached hydrogens (primary N) is 1. The maximum Gasteiger partial charge on any atom is 0.311 e. The molecule has 0 fully saturated rings. The zero-order valence-corrected chi connectivity index (χ0v) is 10.7. The number of rotatable bonds is 2. The van der Waals surface area contributed by atoms with Crippen molar-refractivity contribution in [3.05, 3.63) is 56.8 Å². The summed E-state index contributed by atoms with van der Waals surface area (Å²) in [6.07, 6.45) is 0. The molecule has 20 heavy (non-hydrogen) atoms. The molecule has 2 aromatic rings. The van der Waals surface area contributed by atoms with Crippen molar-refractivity contribution < 1.29 is 9.31 Å². The molecule has 0 spiro atoms. The van der Waals surface area contributed by atoms with Crippen molar-refractivity contribution in [1.82, 2.24) is 0 Å². The predicted octanol–water partition coefficient (Wildman–Crippen LogP) is 3.51. The van der Waals surface area contributed by atoms with Crippen LogP contribution in [0.15, 0.2) is 30.3 Å². The molecule has 0 aromatic heterocycles. The van der Waals surface area contributed by atoms with Crippen LogP contribution in [-0.2, 0) is 0 Å². The third-order valence-electron chi connectivity index (χ3n) is 2.73. The molecule has 0 saturated carbocycles. The molecule has 2 rings (SSSR count). The Morgan fingerprint density at radius 1 is 1.35 bits per heavy atom. The third-order valence-corrected chi connectivity index (χ3v) is 3.11. The van der Waals surface area contributed by atoms with E-state index in [9.17, 15) is 14.5 Å². The summed E-state index contributed by atoms with van der Waals surface area (Å²) in [6.45, 7) is 0. The molecule has 0 bridgehead atoms. The van der Waals surface area contributed by atoms with Gasteiger partial charge in [-0.3, -0.25) is 10.1 Å². The quantitative estimate of drug-likeness (QED) is 0.520. The highest BCUT2D eigenvalue weighted by atomic mass is 35.5. The van der Waals surface area contributed by atoms with E-state index in [-0.39, 0.29) is 21.8 Å². The lowest BCUT2D eigenvalue weighted by molar-refractivity contribution is -0.383. The molecular formula is C13H7ClFN3O2. The van der Waals surface area contributed by atoms with Crippen LogP contribution in [0.25, 0.3) is 11.1 Å². The van der Waals surface area contributed by atoms with Crippen molar-refractivity contribution in [3.8, 4) is 17.2 Å². The van der Waals surface area contributed by atoms with Crippen LogP contribution in [0, 0.1) is 27.3 Å². The number of anilines is 1. The normalized spacial score (nSPS) is 10.1. The fraction of sp³-hybridized carbons (Fsp3) is 0. The molecule has 0 atom stereocenters. The van der Waals surface area contributed by atoms with Gasteiger partial charge in [0.1, 0.15) is 22.6 Å². The van der Waals surface area contributed by atoms with Crippen molar-refractivity contribution in [2.24, 2.45) is 0 Å². The minimum absolute atomic E-state index is 0.0714. The summed E-state index contributed by atoms with van der Waals surface area (Å²) >= 11 is 5.96. The summed E-state index contributed by atoms with van der Waals surface area (Å²) in [5, 5.41) is 19.4. The summed E-state index contributed by atoms with van der Waals surface area (Å²) in [4.78, 5) is 10.2. The van der Waals surface area contributed by atoms with Gasteiger partial charge in [0, 0.05) is 5.56 Å². The van der Waals surface area contributed by atoms with E-state index in [0.29, 0.717) is 5.56 Å². The van der Waals surface area contributed by atoms with Gasteiger partial charge in [-0.1, -0.05) is 23.7 Å². The van der Waals surface area contributed by atoms with Gasteiger partial charge in [-0.15, -0.1) is 0 Å². The van der Waals surface area contributed by atoms with Gasteiger partial charge in [0.15, 0.2) is 0 Å². The Balaban J connectivity index is 2.65. The smallest absolute Gasteiger partial charge is 0.311 e. The first-order valence-corrected chi connectivity index (χ1v) is 5.76. The van der Waals surface area contributed by atoms with E-state index >= 15 is 0 Å². The highest BCUT2D eigenvalue weighted by Crippen LogP contribution is 2.39. The number of benzene rings is 2. The molecule has 0 aliphatic rings. The number of halogens is 2. The molecule has 5 nitrogen and oxygen atoms in total. The molecule has 2 N–H and O–H groups in total. The summed E-state index contributed by atoms with van der Waals surface area (Å²) in [5.41, 5.74) is 5.49. The molecule has 100 valence electrons. The number of hydrogen-bond acceptors (Lipinski definition) is 4. The number of hydrogen-bond donors (Lipinski definition) is 1. The van der Waals surface area contributed by atoms with Crippen molar-refractivity contribution in [2.75, 3.05) is 5.73 Å². The van der Waals surface area contributed by atoms with E-state index in [1.54, 1.807) is 6.07 Å². The van der Waals surface area contributed by atoms with Gasteiger partial charge in [-0.25, -0.2) is 4.39 Å². The van der Waals surface area contributed by atoms with Gasteiger partial charge in [0.05, 0.1) is 10.5 Å². The third kappa shape index (κ3) is 2.27. The molecular weight excluding hydrogens is 285 g/mol. The number of nitriles is 1. The Bertz CT molecular complexity index is 756. The van der Waals surface area contributed by atoms with Gasteiger partial charge in [0.25, 0.3) is 0 Å². The van der Waals surface area contributed by atoms with Crippen LogP contribution in [-0.4, -0.2) is 4.92 Å². The van der Waals surface area contributed by atoms with Gasteiger partial charge in [0.2, 0.25) is 0 Å². The SMILES string of the molecule is N#Cc1ccc(-c2ccc(N)c([N+](=O)[O-])c2Cl)cc1F. The van der Waals surface area contributed by atoms with Crippen LogP contribution in [0.1, 0.15) is 5.56 Å². The Morgan fingerprint density at radius 3 is 2.60 bits per heavy atom. The number of nitro benzene ring substituents is 1. The first kappa shape index (κ1) is 13.8. The van der Waals surface area contributed by atoms with Crippen molar-refractivity contribution >= 4 is 23.0 Å². The lowest BCUT2D eigenvalue weighted by atomic mass is 10.0. The van der Waals surface area contributed by atoms with E-state index in [4.69, 9.17) is 22.6 Å². The van der Waals surface area contributed by atoms with Crippen molar-refractivity contribution in [2.45, 2.75) is 0 Å². The maximum atomic E-state index is 13.6. The Labute approximate surface area is 118 Å². The number of nitro groups is 1. The van der Waals surface area contributed by atoms with Gasteiger partial charge < -0.3 is 5.73 Å². The fourth-order valence-electron chi connectivity index (χ4n) is 1.76. The number of nitrogen functional groups attached to an aromatic ring is 1. The lowest BCUT2D eigenvalue weighted by Gasteiger charge is -2.07. The van der Waals surface area contributed by atoms with E-state index in [1.807, 2.05) is 0 Å². The molecule has 0 unspecified atom stereocenters. The summed E-state index contributed by atoms with van der Waals surface area (Å²) < 4.78 is 13.6. The average molecular weight is 292 g/mol. The van der Waals surface area contributed by atoms with Crippen LogP contribution in [0.2, 0.25) is 5.02 Å². The highest BCUT2D eigenvalue weighted by Gasteiger charge is 2.21. The average Bonchev–Trinajstić information content (AvgIpc) is 2.38. The Kier molecular flexibility index (Phi) is 3.55. The first-order chi connectivity index (χ1) is 9.45. The van der Waals surface area contributed by atoms with Crippen molar-refractivity contribution in [3.63, 3.8) is 0 Å². The molecule has 0 amide bonds. The van der Waals surface area contributed by atoms with Crippen LogP contribution in [0.5, 0.6) is 0 Å². The monoisotopic (exact) mass is 291 g/mol. The maximum absolute atomic E-state index is 13.6. The molecule has 0 heterocycles. The van der Waals surface area contributed by atoms with Gasteiger partial charge in [-0.2, -0.15) is 5.26 Å². The van der Waals surface area contributed by atoms with E-state index in [2.05, 4.69) is 0 Å². The zero-order chi connectivity index (χ0) is 14.9. The minimum atomic E-state index is -0.722. The summed E-state index contributed by atoms with van der Waals surface area (Å²) in [5.74, 6) is -0.722. The van der Waals surface area contributed by atoms with Crippen molar-refractivity contribution in [1.29, 1.82) is 5.26 Å². The first-order valence-electron chi connectivity index (χ1n) is 5.38. The highest BCUT2D eigenvalue weighted by molar-refractivity contribution is 6.36. The number of nitrogens with zero attached hydrogens (tertiary/aromatic N) is 2. The largest absolute Gasteiger partial charge is 0.393 e. The second-order valence-electron chi connectivity index (χ2n) is 3.93. The molecule has 2 aromatic carbocycles. The molecule has 0 aliphatic heterocycles. The van der Waals surface area contributed by atoms with Crippen LogP contribution in [0.3, 0.4) is 0 Å². The van der Waals surface area contributed by atoms with Crippen LogP contribution >= 0.6 is 11.6 Å². The molecule has 0 saturated heterocycles. The van der Waals surface area contributed by atoms with Crippen LogP contribution < -0.4 is 5.73 Å². The molecule has 0 aliphatic carbocycles. The minimum Gasteiger partial charge on any atom is -0.393 e. The summed E-state index contributed by atoms with van der Waals surface area (Å²) in [6, 6.07) is 8.32. The van der Waals surface area contributed by atoms with Gasteiger partial charge in [-0.05, 0) is 23.8 Å². The standard InChI is InChI=1S/C13H7ClFN3O2/c14-12-9(3-4-11(17)13(12)18(19)20)7-1-2-8(6-16)10(15)5-7/h1-5H,17H2. The predicted molar refractivity (Wildman–Crippen MR) is 72.6 cm³/mol. The fourth-order valence-corrected chi connectivity index (χ4v) is 2.11. The second kappa shape index (κ2) is 5.15. The van der Waals surface area contributed by atoms with Crippen LogP contribution in [0.4, 0.5) is 15.8 Å². The summed E-state index contributed by atoms with van der Waals surface area (Å²) in [7, 11) is 0. The molecule has 0 radical (unpaired) electrons.